The highest BCUT2D eigenvalue weighted by Crippen LogP contribution is 2.19. The van der Waals surface area contributed by atoms with Gasteiger partial charge in [-0.1, -0.05) is 23.8 Å². The summed E-state index contributed by atoms with van der Waals surface area (Å²) in [6.07, 6.45) is -0.712. The second-order valence-electron chi connectivity index (χ2n) is 5.86. The number of urea groups is 1. The number of amides is 2. The van der Waals surface area contributed by atoms with Crippen molar-refractivity contribution < 1.29 is 19.1 Å². The van der Waals surface area contributed by atoms with Gasteiger partial charge in [0.05, 0.1) is 26.3 Å². The van der Waals surface area contributed by atoms with E-state index in [0.29, 0.717) is 13.2 Å². The van der Waals surface area contributed by atoms with Gasteiger partial charge in [-0.05, 0) is 31.9 Å². The molecule has 0 bridgehead atoms. The number of nitrogens with zero attached hydrogens (tertiary/aromatic N) is 1. The van der Waals surface area contributed by atoms with Crippen LogP contribution in [0.15, 0.2) is 18.2 Å². The topological polar surface area (TPSA) is 67.9 Å². The molecule has 1 aromatic carbocycles. The predicted octanol–water partition coefficient (Wildman–Crippen LogP) is 1.95. The number of ether oxygens (including phenoxy) is 2. The first kappa shape index (κ1) is 17.3. The summed E-state index contributed by atoms with van der Waals surface area (Å²) in [5.41, 5.74) is 3.39. The fourth-order valence-corrected chi connectivity index (χ4v) is 2.69. The van der Waals surface area contributed by atoms with Gasteiger partial charge >= 0.3 is 12.0 Å². The highest BCUT2D eigenvalue weighted by molar-refractivity contribution is 5.78. The van der Waals surface area contributed by atoms with E-state index < -0.39 is 12.1 Å². The van der Waals surface area contributed by atoms with Gasteiger partial charge in [0, 0.05) is 6.54 Å². The van der Waals surface area contributed by atoms with Gasteiger partial charge in [-0.15, -0.1) is 0 Å². The molecule has 0 radical (unpaired) electrons. The van der Waals surface area contributed by atoms with Crippen LogP contribution >= 0.6 is 0 Å². The number of carbonyl (C=O) groups excluding carboxylic acids is 2. The molecule has 0 aliphatic carbocycles. The first-order chi connectivity index (χ1) is 10.9. The molecule has 1 N–H and O–H groups in total. The zero-order valence-corrected chi connectivity index (χ0v) is 14.1. The van der Waals surface area contributed by atoms with E-state index in [0.717, 1.165) is 16.7 Å². The molecule has 6 heteroatoms. The first-order valence-electron chi connectivity index (χ1n) is 7.74. The number of esters is 1. The molecule has 1 heterocycles. The van der Waals surface area contributed by atoms with Crippen LogP contribution in [0.1, 0.15) is 29.7 Å². The molecule has 2 atom stereocenters. The van der Waals surface area contributed by atoms with Crippen molar-refractivity contribution in [2.45, 2.75) is 32.9 Å². The molecule has 0 saturated carbocycles. The minimum absolute atomic E-state index is 0.109. The third-order valence-corrected chi connectivity index (χ3v) is 4.06. The van der Waals surface area contributed by atoms with Crippen molar-refractivity contribution in [2.75, 3.05) is 26.8 Å². The van der Waals surface area contributed by atoms with Gasteiger partial charge in [-0.3, -0.25) is 0 Å². The quantitative estimate of drug-likeness (QED) is 0.864. The maximum Gasteiger partial charge on any atom is 0.336 e. The van der Waals surface area contributed by atoms with Crippen molar-refractivity contribution in [1.29, 1.82) is 0 Å². The monoisotopic (exact) mass is 320 g/mol. The summed E-state index contributed by atoms with van der Waals surface area (Å²) < 4.78 is 10.0. The van der Waals surface area contributed by atoms with E-state index in [2.05, 4.69) is 28.3 Å². The third kappa shape index (κ3) is 4.22. The van der Waals surface area contributed by atoms with E-state index in [9.17, 15) is 9.59 Å². The molecule has 2 rings (SSSR count). The lowest BCUT2D eigenvalue weighted by Gasteiger charge is -2.32. The van der Waals surface area contributed by atoms with Crippen LogP contribution in [-0.4, -0.2) is 49.8 Å². The number of methoxy groups -OCH3 is 1. The van der Waals surface area contributed by atoms with Crippen LogP contribution in [0.25, 0.3) is 0 Å². The van der Waals surface area contributed by atoms with E-state index in [1.807, 2.05) is 20.8 Å². The van der Waals surface area contributed by atoms with Crippen LogP contribution in [0.5, 0.6) is 0 Å². The highest BCUT2D eigenvalue weighted by Gasteiger charge is 2.30. The van der Waals surface area contributed by atoms with E-state index in [1.165, 1.54) is 7.11 Å². The van der Waals surface area contributed by atoms with Crippen molar-refractivity contribution in [3.63, 3.8) is 0 Å². The minimum Gasteiger partial charge on any atom is -0.467 e. The molecule has 23 heavy (non-hydrogen) atoms. The Balaban J connectivity index is 2.00. The van der Waals surface area contributed by atoms with Crippen LogP contribution < -0.4 is 5.32 Å². The Morgan fingerprint density at radius 3 is 2.83 bits per heavy atom. The number of aryl methyl sites for hydroxylation is 2. The lowest BCUT2D eigenvalue weighted by molar-refractivity contribution is -0.158. The number of rotatable bonds is 3. The third-order valence-electron chi connectivity index (χ3n) is 4.06. The van der Waals surface area contributed by atoms with Crippen LogP contribution in [0.4, 0.5) is 4.79 Å². The lowest BCUT2D eigenvalue weighted by Crippen LogP contribution is -2.52. The Morgan fingerprint density at radius 2 is 2.13 bits per heavy atom. The van der Waals surface area contributed by atoms with Crippen LogP contribution in [0.2, 0.25) is 0 Å². The molecule has 1 aliphatic rings. The Labute approximate surface area is 136 Å². The maximum absolute atomic E-state index is 12.4. The fourth-order valence-electron chi connectivity index (χ4n) is 2.69. The van der Waals surface area contributed by atoms with Crippen molar-refractivity contribution >= 4 is 12.0 Å². The molecule has 0 unspecified atom stereocenters. The minimum atomic E-state index is -0.712. The van der Waals surface area contributed by atoms with Gasteiger partial charge in [0.15, 0.2) is 6.10 Å². The SMILES string of the molecule is COC(=O)[C@H]1CN(C(=O)N[C@@H](C)c2cc(C)ccc2C)CCO1. The molecule has 0 spiro atoms. The van der Waals surface area contributed by atoms with Crippen LogP contribution in [-0.2, 0) is 14.3 Å². The largest absolute Gasteiger partial charge is 0.467 e. The molecule has 126 valence electrons. The number of benzene rings is 1. The highest BCUT2D eigenvalue weighted by atomic mass is 16.6. The summed E-state index contributed by atoms with van der Waals surface area (Å²) in [5, 5.41) is 2.99. The normalized spacial score (nSPS) is 19.1. The number of morpholine rings is 1. The van der Waals surface area contributed by atoms with Crippen molar-refractivity contribution in [3.8, 4) is 0 Å². The molecule has 2 amide bonds. The maximum atomic E-state index is 12.4. The molecule has 0 aromatic heterocycles. The van der Waals surface area contributed by atoms with Gasteiger partial charge in [0.25, 0.3) is 0 Å². The average molecular weight is 320 g/mol. The molecule has 1 aliphatic heterocycles. The second-order valence-corrected chi connectivity index (χ2v) is 5.86. The zero-order chi connectivity index (χ0) is 17.0. The molecule has 6 nitrogen and oxygen atoms in total. The Morgan fingerprint density at radius 1 is 1.39 bits per heavy atom. The second kappa shape index (κ2) is 7.46. The lowest BCUT2D eigenvalue weighted by atomic mass is 10.00. The Bertz CT molecular complexity index is 588. The predicted molar refractivity (Wildman–Crippen MR) is 86.2 cm³/mol. The van der Waals surface area contributed by atoms with Crippen molar-refractivity contribution in [3.05, 3.63) is 34.9 Å². The Kier molecular flexibility index (Phi) is 5.60. The summed E-state index contributed by atoms with van der Waals surface area (Å²) in [5.74, 6) is -0.454. The van der Waals surface area contributed by atoms with Crippen molar-refractivity contribution in [2.24, 2.45) is 0 Å². The average Bonchev–Trinajstić information content (AvgIpc) is 2.56. The molecule has 1 saturated heterocycles. The van der Waals surface area contributed by atoms with E-state index in [-0.39, 0.29) is 18.6 Å². The molecular weight excluding hydrogens is 296 g/mol. The van der Waals surface area contributed by atoms with E-state index >= 15 is 0 Å². The van der Waals surface area contributed by atoms with Crippen LogP contribution in [0, 0.1) is 13.8 Å². The summed E-state index contributed by atoms with van der Waals surface area (Å²) >= 11 is 0. The standard InChI is InChI=1S/C17H24N2O4/c1-11-5-6-12(2)14(9-11)13(3)18-17(21)19-7-8-23-15(10-19)16(20)22-4/h5-6,9,13,15H,7-8,10H2,1-4H3,(H,18,21)/t13-,15+/m0/s1. The molecule has 1 aromatic rings. The number of carbonyl (C=O) groups is 2. The molecule has 1 fully saturated rings. The summed E-state index contributed by atoms with van der Waals surface area (Å²) in [6, 6.07) is 5.88. The number of nitrogens with one attached hydrogen (secondary N) is 1. The summed E-state index contributed by atoms with van der Waals surface area (Å²) in [4.78, 5) is 25.6. The molecular formula is C17H24N2O4. The van der Waals surface area contributed by atoms with Crippen LogP contribution in [0.3, 0.4) is 0 Å². The summed E-state index contributed by atoms with van der Waals surface area (Å²) in [6.45, 7) is 7.00. The van der Waals surface area contributed by atoms with E-state index in [1.54, 1.807) is 4.90 Å². The van der Waals surface area contributed by atoms with Crippen molar-refractivity contribution in [1.82, 2.24) is 10.2 Å². The number of hydrogen-bond acceptors (Lipinski definition) is 4. The Hall–Kier alpha value is -2.08. The van der Waals surface area contributed by atoms with Gasteiger partial charge in [-0.25, -0.2) is 9.59 Å². The summed E-state index contributed by atoms with van der Waals surface area (Å²) in [7, 11) is 1.31. The first-order valence-corrected chi connectivity index (χ1v) is 7.74. The van der Waals surface area contributed by atoms with Gasteiger partial charge in [0.1, 0.15) is 0 Å². The fraction of sp³-hybridized carbons (Fsp3) is 0.529. The van der Waals surface area contributed by atoms with E-state index in [4.69, 9.17) is 4.74 Å². The van der Waals surface area contributed by atoms with Gasteiger partial charge < -0.3 is 19.7 Å². The zero-order valence-electron chi connectivity index (χ0n) is 14.1. The smallest absolute Gasteiger partial charge is 0.336 e. The van der Waals surface area contributed by atoms with Gasteiger partial charge in [0.2, 0.25) is 0 Å². The van der Waals surface area contributed by atoms with Gasteiger partial charge in [-0.2, -0.15) is 0 Å². The number of hydrogen-bond donors (Lipinski definition) is 1.